The van der Waals surface area contributed by atoms with Crippen LogP contribution in [0, 0.1) is 11.8 Å². The van der Waals surface area contributed by atoms with Gasteiger partial charge >= 0.3 is 0 Å². The molecule has 68 valence electrons. The van der Waals surface area contributed by atoms with Crippen LogP contribution in [0.1, 0.15) is 11.1 Å². The van der Waals surface area contributed by atoms with Crippen LogP contribution in [-0.4, -0.2) is 0 Å². The van der Waals surface area contributed by atoms with E-state index in [1.807, 2.05) is 41.1 Å². The van der Waals surface area contributed by atoms with Crippen molar-refractivity contribution in [3.8, 4) is 11.8 Å². The summed E-state index contributed by atoms with van der Waals surface area (Å²) >= 11 is 5.15. The summed E-state index contributed by atoms with van der Waals surface area (Å²) in [6.07, 6.45) is 0. The Morgan fingerprint density at radius 3 is 2.43 bits per heavy atom. The van der Waals surface area contributed by atoms with Gasteiger partial charge in [-0.25, -0.2) is 0 Å². The number of rotatable bonds is 0. The molecule has 0 bridgehead atoms. The van der Waals surface area contributed by atoms with Gasteiger partial charge in [-0.3, -0.25) is 0 Å². The van der Waals surface area contributed by atoms with Gasteiger partial charge in [-0.05, 0) is 24.8 Å². The van der Waals surface area contributed by atoms with E-state index >= 15 is 0 Å². The van der Waals surface area contributed by atoms with Gasteiger partial charge in [0.15, 0.2) is 4.90 Å². The van der Waals surface area contributed by atoms with Gasteiger partial charge in [0.25, 0.3) is 0 Å². The summed E-state index contributed by atoms with van der Waals surface area (Å²) in [4.78, 5) is 1.07. The molecule has 1 aromatic carbocycles. The highest BCUT2D eigenvalue weighted by atomic mass is 32.1. The fraction of sp³-hybridized carbons (Fsp3) is 0. The minimum Gasteiger partial charge on any atom is -0.146 e. The molecule has 0 amide bonds. The summed E-state index contributed by atoms with van der Waals surface area (Å²) in [6, 6.07) is 9.99. The summed E-state index contributed by atoms with van der Waals surface area (Å²) in [5, 5.41) is 4.07. The van der Waals surface area contributed by atoms with Gasteiger partial charge in [-0.15, -0.1) is 11.3 Å². The first-order chi connectivity index (χ1) is 6.86. The molecular weight excluding hydrogens is 208 g/mol. The lowest BCUT2D eigenvalue weighted by molar-refractivity contribution is 1.54. The maximum absolute atomic E-state index is 3.50. The van der Waals surface area contributed by atoms with Crippen LogP contribution < -0.4 is 0 Å². The highest BCUT2D eigenvalue weighted by Crippen LogP contribution is 2.12. The Balaban J connectivity index is 2.28. The third kappa shape index (κ3) is 2.20. The lowest BCUT2D eigenvalue weighted by atomic mass is 10.2. The smallest absolute Gasteiger partial charge is 0.146 e. The van der Waals surface area contributed by atoms with Crippen LogP contribution in [0.5, 0.6) is 0 Å². The average molecular weight is 217 g/mol. The van der Waals surface area contributed by atoms with Gasteiger partial charge in [0, 0.05) is 16.3 Å². The van der Waals surface area contributed by atoms with E-state index in [0.717, 1.165) is 16.0 Å². The van der Waals surface area contributed by atoms with Gasteiger partial charge in [0.05, 0.1) is 5.56 Å². The molecule has 0 spiro atoms. The molecule has 0 aliphatic heterocycles. The largest absolute Gasteiger partial charge is 0.176 e. The van der Waals surface area contributed by atoms with Crippen molar-refractivity contribution >= 4 is 24.0 Å². The minimum atomic E-state index is 1.05. The van der Waals surface area contributed by atoms with E-state index in [-0.39, 0.29) is 0 Å². The molecule has 0 N–H and O–H groups in total. The van der Waals surface area contributed by atoms with Crippen molar-refractivity contribution in [1.82, 2.24) is 0 Å². The van der Waals surface area contributed by atoms with Crippen LogP contribution in [0.25, 0.3) is 0 Å². The molecule has 0 aliphatic rings. The zero-order valence-corrected chi connectivity index (χ0v) is 9.27. The topological polar surface area (TPSA) is 0 Å². The Morgan fingerprint density at radius 1 is 1.00 bits per heavy atom. The first-order valence-corrected chi connectivity index (χ1v) is 5.65. The number of hydrogen-bond acceptors (Lipinski definition) is 1. The molecule has 2 heteroatoms. The van der Waals surface area contributed by atoms with Crippen molar-refractivity contribution in [3.05, 3.63) is 52.2 Å². The SMILES string of the molecule is [SH2+]c1cscc1C#Cc1ccccc1. The Hall–Kier alpha value is -1.17. The molecule has 14 heavy (non-hydrogen) atoms. The summed E-state index contributed by atoms with van der Waals surface area (Å²) in [7, 11) is 0. The van der Waals surface area contributed by atoms with Crippen molar-refractivity contribution in [2.24, 2.45) is 0 Å². The number of benzene rings is 1. The lowest BCUT2D eigenvalue weighted by Crippen LogP contribution is -1.74. The Kier molecular flexibility index (Phi) is 2.93. The van der Waals surface area contributed by atoms with Crippen LogP contribution in [0.15, 0.2) is 46.0 Å². The van der Waals surface area contributed by atoms with Crippen LogP contribution in [-0.2, 0) is 12.6 Å². The molecule has 0 unspecified atom stereocenters. The van der Waals surface area contributed by atoms with Crippen molar-refractivity contribution in [3.63, 3.8) is 0 Å². The highest BCUT2D eigenvalue weighted by Gasteiger charge is 1.99. The molecule has 0 radical (unpaired) electrons. The van der Waals surface area contributed by atoms with Gasteiger partial charge in [-0.1, -0.05) is 30.0 Å². The monoisotopic (exact) mass is 217 g/mol. The second kappa shape index (κ2) is 4.36. The molecule has 0 aliphatic carbocycles. The van der Waals surface area contributed by atoms with E-state index in [1.165, 1.54) is 0 Å². The molecule has 0 nitrogen and oxygen atoms in total. The quantitative estimate of drug-likeness (QED) is 0.470. The number of thiophene rings is 1. The molecule has 2 aromatic rings. The second-order valence-corrected chi connectivity index (χ2v) is 4.10. The van der Waals surface area contributed by atoms with Gasteiger partial charge in [0.2, 0.25) is 0 Å². The molecule has 0 fully saturated rings. The maximum atomic E-state index is 3.50. The Bertz CT molecular complexity index is 472. The Labute approximate surface area is 93.0 Å². The highest BCUT2D eigenvalue weighted by molar-refractivity contribution is 7.59. The minimum absolute atomic E-state index is 1.05. The normalized spacial score (nSPS) is 9.21. The van der Waals surface area contributed by atoms with Crippen molar-refractivity contribution < 1.29 is 0 Å². The van der Waals surface area contributed by atoms with Crippen molar-refractivity contribution in [2.75, 3.05) is 0 Å². The van der Waals surface area contributed by atoms with E-state index < -0.39 is 0 Å². The fourth-order valence-corrected chi connectivity index (χ4v) is 2.15. The second-order valence-electron chi connectivity index (χ2n) is 2.82. The van der Waals surface area contributed by atoms with E-state index in [4.69, 9.17) is 0 Å². The van der Waals surface area contributed by atoms with Crippen LogP contribution in [0.4, 0.5) is 0 Å². The molecule has 2 rings (SSSR count). The van der Waals surface area contributed by atoms with E-state index in [9.17, 15) is 0 Å². The standard InChI is InChI=1S/C12H8S2/c13-12-9-14-8-11(12)7-6-10-4-2-1-3-5-10/h1-5,8-9,13H/p+1. The molecular formula is C12H9S2+. The fourth-order valence-electron chi connectivity index (χ4n) is 1.05. The van der Waals surface area contributed by atoms with Crippen LogP contribution in [0.3, 0.4) is 0 Å². The molecule has 1 aromatic heterocycles. The first kappa shape index (κ1) is 9.39. The van der Waals surface area contributed by atoms with Crippen LogP contribution >= 0.6 is 11.3 Å². The lowest BCUT2D eigenvalue weighted by Gasteiger charge is -1.85. The first-order valence-electron chi connectivity index (χ1n) is 4.21. The van der Waals surface area contributed by atoms with Gasteiger partial charge < -0.3 is 0 Å². The summed E-state index contributed by atoms with van der Waals surface area (Å²) < 4.78 is 0. The zero-order valence-electron chi connectivity index (χ0n) is 7.45. The summed E-state index contributed by atoms with van der Waals surface area (Å²) in [6.45, 7) is 0. The van der Waals surface area contributed by atoms with Gasteiger partial charge in [-0.2, -0.15) is 0 Å². The number of hydrogen-bond donors (Lipinski definition) is 0. The predicted molar refractivity (Wildman–Crippen MR) is 65.2 cm³/mol. The summed E-state index contributed by atoms with van der Waals surface area (Å²) in [5.74, 6) is 6.23. The Morgan fingerprint density at radius 2 is 1.79 bits per heavy atom. The molecule has 0 atom stereocenters. The van der Waals surface area contributed by atoms with Gasteiger partial charge in [0.1, 0.15) is 0 Å². The third-order valence-corrected chi connectivity index (χ3v) is 3.14. The van der Waals surface area contributed by atoms with Crippen LogP contribution in [0.2, 0.25) is 0 Å². The van der Waals surface area contributed by atoms with E-state index in [0.29, 0.717) is 0 Å². The third-order valence-electron chi connectivity index (χ3n) is 1.78. The van der Waals surface area contributed by atoms with Crippen molar-refractivity contribution in [1.29, 1.82) is 0 Å². The maximum Gasteiger partial charge on any atom is 0.176 e. The van der Waals surface area contributed by atoms with E-state index in [2.05, 4.69) is 24.5 Å². The molecule has 0 saturated carbocycles. The van der Waals surface area contributed by atoms with E-state index in [1.54, 1.807) is 11.3 Å². The summed E-state index contributed by atoms with van der Waals surface area (Å²) in [5.41, 5.74) is 2.10. The van der Waals surface area contributed by atoms with Crippen molar-refractivity contribution in [2.45, 2.75) is 4.90 Å². The zero-order chi connectivity index (χ0) is 9.80. The predicted octanol–water partition coefficient (Wildman–Crippen LogP) is 2.52. The average Bonchev–Trinajstić information content (AvgIpc) is 2.63. The molecule has 0 saturated heterocycles. The molecule has 1 heterocycles.